The van der Waals surface area contributed by atoms with Gasteiger partial charge < -0.3 is 5.11 Å². The number of hydrogen-bond acceptors (Lipinski definition) is 1. The third-order valence-corrected chi connectivity index (χ3v) is 5.86. The number of hydrogen-bond donors (Lipinski definition) is 1. The third kappa shape index (κ3) is 10.2. The van der Waals surface area contributed by atoms with E-state index in [1.165, 1.54) is 113 Å². The van der Waals surface area contributed by atoms with Crippen LogP contribution in [0.15, 0.2) is 12.1 Å². The summed E-state index contributed by atoms with van der Waals surface area (Å²) in [6.45, 7) is 6.80. The van der Waals surface area contributed by atoms with Gasteiger partial charge in [0.25, 0.3) is 0 Å². The molecular weight excluding hydrogens is 328 g/mol. The van der Waals surface area contributed by atoms with E-state index in [2.05, 4.69) is 26.8 Å². The van der Waals surface area contributed by atoms with Gasteiger partial charge in [0.05, 0.1) is 0 Å². The maximum absolute atomic E-state index is 10.5. The van der Waals surface area contributed by atoms with Gasteiger partial charge in [-0.2, -0.15) is 0 Å². The fourth-order valence-electron chi connectivity index (χ4n) is 4.09. The molecular formula is C26H46O. The molecule has 0 heterocycles. The van der Waals surface area contributed by atoms with Gasteiger partial charge in [0.15, 0.2) is 0 Å². The highest BCUT2D eigenvalue weighted by atomic mass is 16.3. The van der Waals surface area contributed by atoms with Gasteiger partial charge in [0.1, 0.15) is 5.75 Å². The Morgan fingerprint density at radius 3 is 1.59 bits per heavy atom. The van der Waals surface area contributed by atoms with E-state index < -0.39 is 0 Å². The van der Waals surface area contributed by atoms with E-state index in [0.717, 1.165) is 12.8 Å². The Balaban J connectivity index is 2.65. The Morgan fingerprint density at radius 2 is 1.00 bits per heavy atom. The monoisotopic (exact) mass is 374 g/mol. The molecule has 0 radical (unpaired) electrons. The van der Waals surface area contributed by atoms with Gasteiger partial charge in [-0.05, 0) is 61.3 Å². The van der Waals surface area contributed by atoms with Crippen LogP contribution in [0.2, 0.25) is 0 Å². The molecule has 0 atom stereocenters. The minimum Gasteiger partial charge on any atom is -0.508 e. The predicted molar refractivity (Wildman–Crippen MR) is 121 cm³/mol. The van der Waals surface area contributed by atoms with Crippen molar-refractivity contribution in [1.29, 1.82) is 0 Å². The highest BCUT2D eigenvalue weighted by molar-refractivity contribution is 5.45. The minimum absolute atomic E-state index is 0.538. The molecule has 1 heteroatoms. The second-order valence-electron chi connectivity index (χ2n) is 8.34. The van der Waals surface area contributed by atoms with Crippen molar-refractivity contribution in [3.63, 3.8) is 0 Å². The van der Waals surface area contributed by atoms with Gasteiger partial charge in [-0.1, -0.05) is 97.5 Å². The number of phenolic OH excluding ortho intramolecular Hbond substituents is 1. The summed E-state index contributed by atoms with van der Waals surface area (Å²) in [6.07, 6.45) is 21.9. The lowest BCUT2D eigenvalue weighted by atomic mass is 9.89. The van der Waals surface area contributed by atoms with Crippen LogP contribution < -0.4 is 0 Å². The zero-order valence-electron chi connectivity index (χ0n) is 18.6. The quantitative estimate of drug-likeness (QED) is 0.271. The van der Waals surface area contributed by atoms with E-state index in [1.807, 2.05) is 6.07 Å². The number of rotatable bonds is 17. The van der Waals surface area contributed by atoms with E-state index in [-0.39, 0.29) is 0 Å². The third-order valence-electron chi connectivity index (χ3n) is 5.86. The van der Waals surface area contributed by atoms with Crippen molar-refractivity contribution in [3.05, 3.63) is 28.8 Å². The summed E-state index contributed by atoms with van der Waals surface area (Å²) >= 11 is 0. The number of aromatic hydroxyl groups is 1. The lowest BCUT2D eigenvalue weighted by molar-refractivity contribution is 0.464. The van der Waals surface area contributed by atoms with Gasteiger partial charge in [0, 0.05) is 0 Å². The fraction of sp³-hybridized carbons (Fsp3) is 0.769. The summed E-state index contributed by atoms with van der Waals surface area (Å²) in [4.78, 5) is 0. The minimum atomic E-state index is 0.538. The first-order valence-electron chi connectivity index (χ1n) is 12.1. The summed E-state index contributed by atoms with van der Waals surface area (Å²) in [5.41, 5.74) is 4.27. The molecule has 0 aromatic heterocycles. The normalized spacial score (nSPS) is 11.2. The molecule has 0 aliphatic carbocycles. The fourth-order valence-corrected chi connectivity index (χ4v) is 4.09. The Labute approximate surface area is 170 Å². The first kappa shape index (κ1) is 24.1. The molecule has 1 aromatic carbocycles. The van der Waals surface area contributed by atoms with E-state index in [4.69, 9.17) is 0 Å². The van der Waals surface area contributed by atoms with E-state index in [0.29, 0.717) is 5.75 Å². The van der Waals surface area contributed by atoms with Gasteiger partial charge in [0.2, 0.25) is 0 Å². The van der Waals surface area contributed by atoms with Gasteiger partial charge in [-0.25, -0.2) is 0 Å². The van der Waals surface area contributed by atoms with Crippen LogP contribution >= 0.6 is 0 Å². The van der Waals surface area contributed by atoms with Crippen molar-refractivity contribution in [3.8, 4) is 5.75 Å². The van der Waals surface area contributed by atoms with Crippen molar-refractivity contribution in [2.24, 2.45) is 0 Å². The van der Waals surface area contributed by atoms with E-state index in [9.17, 15) is 5.11 Å². The van der Waals surface area contributed by atoms with Crippen LogP contribution in [0, 0.1) is 0 Å². The van der Waals surface area contributed by atoms with Crippen LogP contribution in [-0.4, -0.2) is 5.11 Å². The summed E-state index contributed by atoms with van der Waals surface area (Å²) in [7, 11) is 0. The smallest absolute Gasteiger partial charge is 0.119 e. The molecule has 0 spiro atoms. The number of phenols is 1. The maximum Gasteiger partial charge on any atom is 0.119 e. The molecule has 1 N–H and O–H groups in total. The Morgan fingerprint density at radius 1 is 0.519 bits per heavy atom. The number of unbranched alkanes of at least 4 members (excludes halogenated alkanes) is 11. The Bertz CT molecular complexity index is 477. The zero-order chi connectivity index (χ0) is 19.7. The molecule has 0 saturated heterocycles. The average Bonchev–Trinajstić information content (AvgIpc) is 2.68. The van der Waals surface area contributed by atoms with Crippen LogP contribution in [0.25, 0.3) is 0 Å². The van der Waals surface area contributed by atoms with Crippen molar-refractivity contribution < 1.29 is 5.11 Å². The van der Waals surface area contributed by atoms with Crippen molar-refractivity contribution in [2.75, 3.05) is 0 Å². The molecule has 0 saturated carbocycles. The van der Waals surface area contributed by atoms with Crippen LogP contribution in [0.1, 0.15) is 127 Å². The molecule has 1 aromatic rings. The predicted octanol–water partition coefficient (Wildman–Crippen LogP) is 8.54. The number of benzene rings is 1. The van der Waals surface area contributed by atoms with Crippen LogP contribution in [0.3, 0.4) is 0 Å². The standard InChI is InChI=1S/C26H46O/c1-4-7-10-12-14-16-18-23-21-22-26(27)25(19-9-6-3)24(23)20-17-15-13-11-8-5-2/h21-22,27H,4-20H2,1-3H3. The molecule has 1 rings (SSSR count). The molecule has 0 fully saturated rings. The summed E-state index contributed by atoms with van der Waals surface area (Å²) in [5.74, 6) is 0.538. The molecule has 0 unspecified atom stereocenters. The lowest BCUT2D eigenvalue weighted by Gasteiger charge is -2.17. The van der Waals surface area contributed by atoms with Crippen molar-refractivity contribution in [1.82, 2.24) is 0 Å². The van der Waals surface area contributed by atoms with E-state index >= 15 is 0 Å². The summed E-state index contributed by atoms with van der Waals surface area (Å²) < 4.78 is 0. The second kappa shape index (κ2) is 16.0. The summed E-state index contributed by atoms with van der Waals surface area (Å²) in [5, 5.41) is 10.5. The highest BCUT2D eigenvalue weighted by Gasteiger charge is 2.12. The van der Waals surface area contributed by atoms with Gasteiger partial charge in [-0.15, -0.1) is 0 Å². The lowest BCUT2D eigenvalue weighted by Crippen LogP contribution is -2.02. The Kier molecular flexibility index (Phi) is 14.3. The molecule has 0 aliphatic rings. The molecule has 1 nitrogen and oxygen atoms in total. The molecule has 0 bridgehead atoms. The van der Waals surface area contributed by atoms with Gasteiger partial charge >= 0.3 is 0 Å². The SMILES string of the molecule is CCCCCCCCc1ccc(O)c(CCCC)c1CCCCCCCC. The highest BCUT2D eigenvalue weighted by Crippen LogP contribution is 2.29. The first-order valence-corrected chi connectivity index (χ1v) is 12.1. The zero-order valence-corrected chi connectivity index (χ0v) is 18.6. The maximum atomic E-state index is 10.5. The van der Waals surface area contributed by atoms with Crippen molar-refractivity contribution >= 4 is 0 Å². The molecule has 0 amide bonds. The van der Waals surface area contributed by atoms with E-state index in [1.54, 1.807) is 0 Å². The molecule has 156 valence electrons. The van der Waals surface area contributed by atoms with Crippen molar-refractivity contribution in [2.45, 2.75) is 130 Å². The largest absolute Gasteiger partial charge is 0.508 e. The van der Waals surface area contributed by atoms with Crippen LogP contribution in [0.4, 0.5) is 0 Å². The molecule has 27 heavy (non-hydrogen) atoms. The average molecular weight is 375 g/mol. The first-order chi connectivity index (χ1) is 13.2. The van der Waals surface area contributed by atoms with Crippen LogP contribution in [-0.2, 0) is 19.3 Å². The van der Waals surface area contributed by atoms with Gasteiger partial charge in [-0.3, -0.25) is 0 Å². The second-order valence-corrected chi connectivity index (χ2v) is 8.34. The Hall–Kier alpha value is -0.980. The number of aryl methyl sites for hydroxylation is 1. The van der Waals surface area contributed by atoms with Crippen LogP contribution in [0.5, 0.6) is 5.75 Å². The topological polar surface area (TPSA) is 20.2 Å². The molecule has 0 aliphatic heterocycles. The summed E-state index contributed by atoms with van der Waals surface area (Å²) in [6, 6.07) is 4.17.